The highest BCUT2D eigenvalue weighted by atomic mass is 16.5. The first kappa shape index (κ1) is 19.2. The third-order valence-corrected chi connectivity index (χ3v) is 3.48. The Morgan fingerprint density at radius 3 is 2.46 bits per heavy atom. The fourth-order valence-electron chi connectivity index (χ4n) is 2.13. The van der Waals surface area contributed by atoms with Gasteiger partial charge >= 0.3 is 11.8 Å². The summed E-state index contributed by atoms with van der Waals surface area (Å²) in [7, 11) is 0. The molecule has 2 aromatic carbocycles. The second kappa shape index (κ2) is 10.7. The lowest BCUT2D eigenvalue weighted by atomic mass is 10.1. The molecule has 0 aromatic heterocycles. The van der Waals surface area contributed by atoms with E-state index in [2.05, 4.69) is 15.8 Å². The second-order valence-electron chi connectivity index (χ2n) is 5.61. The van der Waals surface area contributed by atoms with E-state index < -0.39 is 11.8 Å². The fraction of sp³-hybridized carbons (Fsp3) is 0.250. The van der Waals surface area contributed by atoms with Gasteiger partial charge in [-0.05, 0) is 48.2 Å². The number of hydrazone groups is 1. The largest absolute Gasteiger partial charge is 0.494 e. The minimum absolute atomic E-state index is 0.388. The summed E-state index contributed by atoms with van der Waals surface area (Å²) >= 11 is 0. The molecule has 0 aliphatic carbocycles. The van der Waals surface area contributed by atoms with Gasteiger partial charge < -0.3 is 10.1 Å². The lowest BCUT2D eigenvalue weighted by Gasteiger charge is -2.04. The highest BCUT2D eigenvalue weighted by Crippen LogP contribution is 2.11. The van der Waals surface area contributed by atoms with Crippen LogP contribution in [0.1, 0.15) is 24.5 Å². The quantitative estimate of drug-likeness (QED) is 0.434. The van der Waals surface area contributed by atoms with Gasteiger partial charge in [0.15, 0.2) is 0 Å². The zero-order valence-corrected chi connectivity index (χ0v) is 14.8. The van der Waals surface area contributed by atoms with Gasteiger partial charge in [0.05, 0.1) is 12.8 Å². The molecule has 2 N–H and O–H groups in total. The van der Waals surface area contributed by atoms with Crippen LogP contribution in [-0.2, 0) is 16.0 Å². The van der Waals surface area contributed by atoms with Gasteiger partial charge in [0.2, 0.25) is 0 Å². The molecular weight excluding hydrogens is 330 g/mol. The molecule has 6 heteroatoms. The average molecular weight is 353 g/mol. The molecule has 0 fully saturated rings. The van der Waals surface area contributed by atoms with E-state index in [1.54, 1.807) is 0 Å². The van der Waals surface area contributed by atoms with Gasteiger partial charge in [0.1, 0.15) is 5.75 Å². The molecule has 0 unspecified atom stereocenters. The molecule has 2 amide bonds. The Morgan fingerprint density at radius 2 is 1.77 bits per heavy atom. The van der Waals surface area contributed by atoms with E-state index in [0.717, 1.165) is 23.3 Å². The molecule has 2 aromatic rings. The molecule has 6 nitrogen and oxygen atoms in total. The van der Waals surface area contributed by atoms with Gasteiger partial charge in [-0.3, -0.25) is 9.59 Å². The Morgan fingerprint density at radius 1 is 1.04 bits per heavy atom. The van der Waals surface area contributed by atoms with Crippen molar-refractivity contribution in [3.63, 3.8) is 0 Å². The van der Waals surface area contributed by atoms with E-state index in [-0.39, 0.29) is 0 Å². The Bertz CT molecular complexity index is 728. The van der Waals surface area contributed by atoms with Crippen LogP contribution in [0.3, 0.4) is 0 Å². The van der Waals surface area contributed by atoms with Crippen LogP contribution in [-0.4, -0.2) is 31.2 Å². The first-order valence-corrected chi connectivity index (χ1v) is 8.57. The molecule has 0 saturated heterocycles. The van der Waals surface area contributed by atoms with Gasteiger partial charge in [0.25, 0.3) is 0 Å². The average Bonchev–Trinajstić information content (AvgIpc) is 2.68. The summed E-state index contributed by atoms with van der Waals surface area (Å²) in [6.45, 7) is 3.10. The van der Waals surface area contributed by atoms with Crippen LogP contribution in [0.2, 0.25) is 0 Å². The number of nitrogens with zero attached hydrogens (tertiary/aromatic N) is 1. The molecule has 0 aliphatic heterocycles. The summed E-state index contributed by atoms with van der Waals surface area (Å²) in [6, 6.07) is 17.0. The summed E-state index contributed by atoms with van der Waals surface area (Å²) in [5, 5.41) is 6.36. The van der Waals surface area contributed by atoms with E-state index in [9.17, 15) is 9.59 Å². The number of ether oxygens (including phenoxy) is 1. The predicted molar refractivity (Wildman–Crippen MR) is 101 cm³/mol. The van der Waals surface area contributed by atoms with Crippen LogP contribution in [0.4, 0.5) is 0 Å². The van der Waals surface area contributed by atoms with E-state index in [0.29, 0.717) is 19.6 Å². The second-order valence-corrected chi connectivity index (χ2v) is 5.61. The third kappa shape index (κ3) is 6.76. The first-order valence-electron chi connectivity index (χ1n) is 8.57. The molecule has 0 heterocycles. The normalized spacial score (nSPS) is 10.5. The zero-order valence-electron chi connectivity index (χ0n) is 14.8. The summed E-state index contributed by atoms with van der Waals surface area (Å²) in [4.78, 5) is 23.4. The number of nitrogens with one attached hydrogen (secondary N) is 2. The van der Waals surface area contributed by atoms with Crippen LogP contribution in [0.5, 0.6) is 5.75 Å². The Labute approximate surface area is 153 Å². The van der Waals surface area contributed by atoms with Crippen molar-refractivity contribution in [1.82, 2.24) is 10.7 Å². The zero-order chi connectivity index (χ0) is 18.6. The lowest BCUT2D eigenvalue weighted by Crippen LogP contribution is -2.38. The molecular formula is C20H23N3O3. The minimum atomic E-state index is -0.794. The first-order chi connectivity index (χ1) is 12.7. The summed E-state index contributed by atoms with van der Waals surface area (Å²) in [6.07, 6.45) is 3.08. The van der Waals surface area contributed by atoms with Crippen molar-refractivity contribution in [1.29, 1.82) is 0 Å². The SMILES string of the molecule is CCCOc1ccc(/C=N/NC(=O)C(=O)NCCc2ccccc2)cc1. The molecule has 2 rings (SSSR count). The van der Waals surface area contributed by atoms with Gasteiger partial charge in [-0.15, -0.1) is 0 Å². The van der Waals surface area contributed by atoms with Crippen LogP contribution < -0.4 is 15.5 Å². The van der Waals surface area contributed by atoms with Crippen molar-refractivity contribution >= 4 is 18.0 Å². The lowest BCUT2D eigenvalue weighted by molar-refractivity contribution is -0.139. The molecule has 0 aliphatic rings. The summed E-state index contributed by atoms with van der Waals surface area (Å²) in [5.41, 5.74) is 4.10. The van der Waals surface area contributed by atoms with E-state index in [1.807, 2.05) is 61.5 Å². The third-order valence-electron chi connectivity index (χ3n) is 3.48. The Kier molecular flexibility index (Phi) is 7.86. The molecule has 0 radical (unpaired) electrons. The van der Waals surface area contributed by atoms with Crippen molar-refractivity contribution in [3.8, 4) is 5.75 Å². The van der Waals surface area contributed by atoms with E-state index in [4.69, 9.17) is 4.74 Å². The maximum atomic E-state index is 11.7. The topological polar surface area (TPSA) is 79.8 Å². The number of hydrogen-bond acceptors (Lipinski definition) is 4. The molecule has 0 spiro atoms. The Balaban J connectivity index is 1.71. The number of benzene rings is 2. The van der Waals surface area contributed by atoms with Crippen LogP contribution in [0.25, 0.3) is 0 Å². The monoisotopic (exact) mass is 353 g/mol. The van der Waals surface area contributed by atoms with Gasteiger partial charge in [-0.2, -0.15) is 5.10 Å². The summed E-state index contributed by atoms with van der Waals surface area (Å²) < 4.78 is 5.49. The molecule has 136 valence electrons. The smallest absolute Gasteiger partial charge is 0.329 e. The number of amides is 2. The maximum absolute atomic E-state index is 11.7. The number of rotatable bonds is 8. The highest BCUT2D eigenvalue weighted by molar-refractivity contribution is 6.35. The fourth-order valence-corrected chi connectivity index (χ4v) is 2.13. The minimum Gasteiger partial charge on any atom is -0.494 e. The van der Waals surface area contributed by atoms with Gasteiger partial charge in [-0.1, -0.05) is 37.3 Å². The van der Waals surface area contributed by atoms with Crippen molar-refractivity contribution < 1.29 is 14.3 Å². The van der Waals surface area contributed by atoms with Crippen LogP contribution in [0.15, 0.2) is 59.7 Å². The number of hydrogen-bond donors (Lipinski definition) is 2. The van der Waals surface area contributed by atoms with Crippen molar-refractivity contribution in [3.05, 3.63) is 65.7 Å². The molecule has 26 heavy (non-hydrogen) atoms. The highest BCUT2D eigenvalue weighted by Gasteiger charge is 2.11. The van der Waals surface area contributed by atoms with E-state index >= 15 is 0 Å². The standard InChI is InChI=1S/C20H23N3O3/c1-2-14-26-18-10-8-17(9-11-18)15-22-23-20(25)19(24)21-13-12-16-6-4-3-5-7-16/h3-11,15H,2,12-14H2,1H3,(H,21,24)(H,23,25)/b22-15+. The number of carbonyl (C=O) groups is 2. The maximum Gasteiger partial charge on any atom is 0.329 e. The van der Waals surface area contributed by atoms with E-state index in [1.165, 1.54) is 6.21 Å². The van der Waals surface area contributed by atoms with Crippen molar-refractivity contribution in [2.24, 2.45) is 5.10 Å². The van der Waals surface area contributed by atoms with Crippen molar-refractivity contribution in [2.75, 3.05) is 13.2 Å². The molecule has 0 bridgehead atoms. The molecule has 0 saturated carbocycles. The Hall–Kier alpha value is -3.15. The predicted octanol–water partition coefficient (Wildman–Crippen LogP) is 2.28. The van der Waals surface area contributed by atoms with Gasteiger partial charge in [-0.25, -0.2) is 5.43 Å². The molecule has 0 atom stereocenters. The van der Waals surface area contributed by atoms with Crippen LogP contribution in [0, 0.1) is 0 Å². The van der Waals surface area contributed by atoms with Gasteiger partial charge in [0, 0.05) is 6.54 Å². The number of carbonyl (C=O) groups excluding carboxylic acids is 2. The van der Waals surface area contributed by atoms with Crippen LogP contribution >= 0.6 is 0 Å². The van der Waals surface area contributed by atoms with Crippen molar-refractivity contribution in [2.45, 2.75) is 19.8 Å². The summed E-state index contributed by atoms with van der Waals surface area (Å²) in [5.74, 6) is -0.718.